The van der Waals surface area contributed by atoms with E-state index in [4.69, 9.17) is 4.74 Å². The Balaban J connectivity index is 1.41. The van der Waals surface area contributed by atoms with Gasteiger partial charge < -0.3 is 19.6 Å². The zero-order valence-corrected chi connectivity index (χ0v) is 16.4. The van der Waals surface area contributed by atoms with Gasteiger partial charge in [0, 0.05) is 26.2 Å². The number of hydrogen-bond acceptors (Lipinski definition) is 4. The van der Waals surface area contributed by atoms with E-state index in [0.717, 1.165) is 52.0 Å². The van der Waals surface area contributed by atoms with Gasteiger partial charge in [-0.15, -0.1) is 0 Å². The molecule has 2 saturated heterocycles. The van der Waals surface area contributed by atoms with Crippen molar-refractivity contribution in [2.45, 2.75) is 58.5 Å². The smallest absolute Gasteiger partial charge is 0.410 e. The number of carboxylic acid groups (broad SMARTS) is 1. The molecule has 3 atom stereocenters. The molecule has 0 aromatic heterocycles. The number of amides is 1. The van der Waals surface area contributed by atoms with Gasteiger partial charge in [-0.25, -0.2) is 4.79 Å². The summed E-state index contributed by atoms with van der Waals surface area (Å²) in [5, 5.41) is 9.18. The predicted octanol–water partition coefficient (Wildman–Crippen LogP) is 3.07. The Hall–Kier alpha value is -1.30. The van der Waals surface area contributed by atoms with Gasteiger partial charge in [0.25, 0.3) is 0 Å². The summed E-state index contributed by atoms with van der Waals surface area (Å²) in [6.07, 6.45) is 4.99. The van der Waals surface area contributed by atoms with Crippen LogP contribution in [0.3, 0.4) is 0 Å². The van der Waals surface area contributed by atoms with Gasteiger partial charge in [-0.05, 0) is 77.2 Å². The van der Waals surface area contributed by atoms with E-state index >= 15 is 0 Å². The summed E-state index contributed by atoms with van der Waals surface area (Å²) >= 11 is 0. The molecule has 3 fully saturated rings. The molecule has 0 radical (unpaired) electrons. The number of carbonyl (C=O) groups excluding carboxylic acids is 1. The molecule has 1 N–H and O–H groups in total. The number of rotatable bonds is 4. The van der Waals surface area contributed by atoms with E-state index in [0.29, 0.717) is 17.8 Å². The number of aliphatic carboxylic acids is 1. The Labute approximate surface area is 156 Å². The second kappa shape index (κ2) is 7.75. The van der Waals surface area contributed by atoms with Crippen LogP contribution in [0, 0.1) is 23.7 Å². The number of hydrogen-bond donors (Lipinski definition) is 1. The lowest BCUT2D eigenvalue weighted by atomic mass is 9.80. The Kier molecular flexibility index (Phi) is 5.80. The molecule has 6 heteroatoms. The number of likely N-dealkylation sites (tertiary alicyclic amines) is 2. The van der Waals surface area contributed by atoms with Crippen molar-refractivity contribution in [1.29, 1.82) is 0 Å². The second-order valence-corrected chi connectivity index (χ2v) is 9.52. The van der Waals surface area contributed by atoms with Crippen LogP contribution in [0.1, 0.15) is 52.9 Å². The molecule has 1 amide bonds. The molecule has 2 aliphatic heterocycles. The Morgan fingerprint density at radius 3 is 2.42 bits per heavy atom. The van der Waals surface area contributed by atoms with Gasteiger partial charge in [0.05, 0.1) is 5.92 Å². The maximum absolute atomic E-state index is 12.1. The van der Waals surface area contributed by atoms with Crippen molar-refractivity contribution < 1.29 is 19.4 Å². The first-order chi connectivity index (χ1) is 12.2. The average molecular weight is 367 g/mol. The number of nitrogens with zero attached hydrogens (tertiary/aromatic N) is 2. The van der Waals surface area contributed by atoms with E-state index in [1.165, 1.54) is 12.8 Å². The monoisotopic (exact) mass is 366 g/mol. The number of carboxylic acids is 1. The van der Waals surface area contributed by atoms with Crippen LogP contribution in [-0.4, -0.2) is 65.3 Å². The lowest BCUT2D eigenvalue weighted by molar-refractivity contribution is -0.141. The highest BCUT2D eigenvalue weighted by atomic mass is 16.6. The largest absolute Gasteiger partial charge is 0.481 e. The Morgan fingerprint density at radius 1 is 1.08 bits per heavy atom. The third kappa shape index (κ3) is 4.90. The molecule has 3 rings (SSSR count). The highest BCUT2D eigenvalue weighted by Crippen LogP contribution is 2.35. The van der Waals surface area contributed by atoms with Crippen molar-refractivity contribution in [2.24, 2.45) is 23.7 Å². The van der Waals surface area contributed by atoms with Crippen LogP contribution in [0.15, 0.2) is 0 Å². The van der Waals surface area contributed by atoms with Gasteiger partial charge >= 0.3 is 12.1 Å². The zero-order chi connectivity index (χ0) is 18.9. The van der Waals surface area contributed by atoms with E-state index in [9.17, 15) is 14.7 Å². The first-order valence-corrected chi connectivity index (χ1v) is 10.1. The van der Waals surface area contributed by atoms with E-state index in [1.54, 1.807) is 0 Å². The van der Waals surface area contributed by atoms with Gasteiger partial charge in [-0.2, -0.15) is 0 Å². The van der Waals surface area contributed by atoms with Crippen molar-refractivity contribution in [2.75, 3.05) is 32.7 Å². The van der Waals surface area contributed by atoms with E-state index in [2.05, 4.69) is 4.90 Å². The highest BCUT2D eigenvalue weighted by molar-refractivity contribution is 5.70. The fraction of sp³-hybridized carbons (Fsp3) is 0.900. The first-order valence-electron chi connectivity index (χ1n) is 10.1. The maximum Gasteiger partial charge on any atom is 0.410 e. The molecule has 1 saturated carbocycles. The number of piperidine rings is 1. The quantitative estimate of drug-likeness (QED) is 0.828. The molecule has 6 nitrogen and oxygen atoms in total. The molecule has 0 unspecified atom stereocenters. The van der Waals surface area contributed by atoms with Crippen molar-refractivity contribution in [3.05, 3.63) is 0 Å². The fourth-order valence-electron chi connectivity index (χ4n) is 4.76. The van der Waals surface area contributed by atoms with Crippen LogP contribution in [0.5, 0.6) is 0 Å². The summed E-state index contributed by atoms with van der Waals surface area (Å²) in [7, 11) is 0. The molecule has 0 aromatic carbocycles. The second-order valence-electron chi connectivity index (χ2n) is 9.52. The lowest BCUT2D eigenvalue weighted by Gasteiger charge is -2.46. The Bertz CT molecular complexity index is 524. The normalized spacial score (nSPS) is 30.9. The van der Waals surface area contributed by atoms with Gasteiger partial charge in [0.1, 0.15) is 5.60 Å². The molecule has 148 valence electrons. The van der Waals surface area contributed by atoms with Gasteiger partial charge in [0.15, 0.2) is 0 Å². The van der Waals surface area contributed by atoms with Crippen LogP contribution in [0.2, 0.25) is 0 Å². The maximum atomic E-state index is 12.1. The first kappa shape index (κ1) is 19.5. The summed E-state index contributed by atoms with van der Waals surface area (Å²) < 4.78 is 5.45. The summed E-state index contributed by atoms with van der Waals surface area (Å²) in [6.45, 7) is 10.6. The third-order valence-electron chi connectivity index (χ3n) is 6.18. The van der Waals surface area contributed by atoms with Crippen molar-refractivity contribution in [3.63, 3.8) is 0 Å². The van der Waals surface area contributed by atoms with E-state index in [-0.39, 0.29) is 12.0 Å². The zero-order valence-electron chi connectivity index (χ0n) is 16.4. The predicted molar refractivity (Wildman–Crippen MR) is 98.9 cm³/mol. The third-order valence-corrected chi connectivity index (χ3v) is 6.18. The van der Waals surface area contributed by atoms with Crippen LogP contribution in [0.25, 0.3) is 0 Å². The van der Waals surface area contributed by atoms with Crippen molar-refractivity contribution in [1.82, 2.24) is 9.80 Å². The molecule has 0 bridgehead atoms. The van der Waals surface area contributed by atoms with Crippen LogP contribution < -0.4 is 0 Å². The number of carbonyl (C=O) groups is 2. The molecule has 0 aromatic rings. The van der Waals surface area contributed by atoms with Crippen LogP contribution in [-0.2, 0) is 9.53 Å². The molecular formula is C20H34N2O4. The molecule has 0 spiro atoms. The summed E-state index contributed by atoms with van der Waals surface area (Å²) in [5.74, 6) is 1.02. The summed E-state index contributed by atoms with van der Waals surface area (Å²) in [5.41, 5.74) is -0.432. The topological polar surface area (TPSA) is 70.1 Å². The molecular weight excluding hydrogens is 332 g/mol. The van der Waals surface area contributed by atoms with Gasteiger partial charge in [0.2, 0.25) is 0 Å². The van der Waals surface area contributed by atoms with Crippen LogP contribution in [0.4, 0.5) is 4.79 Å². The van der Waals surface area contributed by atoms with Gasteiger partial charge in [-0.3, -0.25) is 4.79 Å². The minimum absolute atomic E-state index is 0.130. The standard InChI is InChI=1S/C20H34N2O4/c1-20(2,3)26-19(25)22-12-17(13-22)16-5-4-8-21(11-16)10-14-6-7-15(9-14)18(23)24/h14-17H,4-13H2,1-3H3,(H,23,24)/t14-,15-,16-/m0/s1. The molecule has 3 aliphatic rings. The van der Waals surface area contributed by atoms with Crippen LogP contribution >= 0.6 is 0 Å². The molecule has 1 aliphatic carbocycles. The summed E-state index contributed by atoms with van der Waals surface area (Å²) in [6, 6.07) is 0. The average Bonchev–Trinajstić information content (AvgIpc) is 2.93. The minimum Gasteiger partial charge on any atom is -0.481 e. The van der Waals surface area contributed by atoms with Crippen molar-refractivity contribution >= 4 is 12.1 Å². The van der Waals surface area contributed by atoms with E-state index < -0.39 is 11.6 Å². The molecule has 2 heterocycles. The lowest BCUT2D eigenvalue weighted by Crippen LogP contribution is -2.56. The molecule has 26 heavy (non-hydrogen) atoms. The van der Waals surface area contributed by atoms with Gasteiger partial charge in [-0.1, -0.05) is 0 Å². The highest BCUT2D eigenvalue weighted by Gasteiger charge is 2.40. The van der Waals surface area contributed by atoms with E-state index in [1.807, 2.05) is 25.7 Å². The minimum atomic E-state index is -0.624. The van der Waals surface area contributed by atoms with Crippen molar-refractivity contribution in [3.8, 4) is 0 Å². The fourth-order valence-corrected chi connectivity index (χ4v) is 4.76. The Morgan fingerprint density at radius 2 is 1.81 bits per heavy atom. The summed E-state index contributed by atoms with van der Waals surface area (Å²) in [4.78, 5) is 27.6. The SMILES string of the molecule is CC(C)(C)OC(=O)N1CC([C@H]2CCCN(C[C@H]3CC[C@H](C(=O)O)C3)C2)C1. The number of ether oxygens (including phenoxy) is 1.